The summed E-state index contributed by atoms with van der Waals surface area (Å²) >= 11 is 0. The van der Waals surface area contributed by atoms with Crippen LogP contribution in [-0.4, -0.2) is 62.9 Å². The molecule has 0 saturated heterocycles. The zero-order valence-electron chi connectivity index (χ0n) is 17.5. The highest BCUT2D eigenvalue weighted by Crippen LogP contribution is 2.16. The van der Waals surface area contributed by atoms with Crippen LogP contribution in [0.5, 0.6) is 0 Å². The molecule has 0 saturated carbocycles. The summed E-state index contributed by atoms with van der Waals surface area (Å²) in [5, 5.41) is 14.7. The minimum absolute atomic E-state index is 0.0275. The number of halogens is 1. The van der Waals surface area contributed by atoms with Crippen LogP contribution in [0.25, 0.3) is 0 Å². The van der Waals surface area contributed by atoms with Crippen molar-refractivity contribution in [3.63, 3.8) is 0 Å². The zero-order chi connectivity index (χ0) is 24.1. The SMILES string of the molecule is CCOC(=O)C1=C(COC(=O)[C@H](NS(=O)(=O)c2ccc(F)cc2)[C@@H](C)O)NC(=O)N[C@@H]1C. The monoisotopic (exact) mass is 473 g/mol. The number of sulfonamides is 1. The molecule has 176 valence electrons. The Bertz CT molecular complexity index is 1010. The van der Waals surface area contributed by atoms with Gasteiger partial charge in [-0.15, -0.1) is 0 Å². The molecule has 2 amide bonds. The van der Waals surface area contributed by atoms with Gasteiger partial charge in [-0.3, -0.25) is 4.79 Å². The lowest BCUT2D eigenvalue weighted by Gasteiger charge is -2.27. The molecular formula is C19H24FN3O8S. The van der Waals surface area contributed by atoms with Crippen molar-refractivity contribution >= 4 is 28.0 Å². The maximum absolute atomic E-state index is 13.1. The summed E-state index contributed by atoms with van der Waals surface area (Å²) in [6, 6.07) is 0.742. The maximum Gasteiger partial charge on any atom is 0.338 e. The second-order valence-electron chi connectivity index (χ2n) is 6.83. The number of carbonyl (C=O) groups excluding carboxylic acids is 3. The van der Waals surface area contributed by atoms with Gasteiger partial charge in [0.05, 0.1) is 34.9 Å². The van der Waals surface area contributed by atoms with Crippen LogP contribution in [0.3, 0.4) is 0 Å². The van der Waals surface area contributed by atoms with Gasteiger partial charge in [0.15, 0.2) is 0 Å². The fourth-order valence-electron chi connectivity index (χ4n) is 2.82. The fourth-order valence-corrected chi connectivity index (χ4v) is 4.08. The third-order valence-electron chi connectivity index (χ3n) is 4.37. The van der Waals surface area contributed by atoms with Crippen molar-refractivity contribution in [1.29, 1.82) is 0 Å². The molecule has 0 aliphatic carbocycles. The largest absolute Gasteiger partial charge is 0.463 e. The molecule has 3 atom stereocenters. The molecule has 0 bridgehead atoms. The van der Waals surface area contributed by atoms with E-state index in [0.29, 0.717) is 0 Å². The summed E-state index contributed by atoms with van der Waals surface area (Å²) in [5.41, 5.74) is -0.0153. The van der Waals surface area contributed by atoms with E-state index in [2.05, 4.69) is 10.6 Å². The van der Waals surface area contributed by atoms with Crippen molar-refractivity contribution in [3.05, 3.63) is 41.4 Å². The van der Waals surface area contributed by atoms with Gasteiger partial charge in [0.2, 0.25) is 10.0 Å². The standard InChI is InChI=1S/C19H24FN3O8S/c1-4-30-17(25)15-10(2)21-19(27)22-14(15)9-31-18(26)16(11(3)24)23-32(28,29)13-7-5-12(20)6-8-13/h5-8,10-11,16,23-24H,4,9H2,1-3H3,(H2,21,22,27)/t10-,11-,16-/m1/s1. The van der Waals surface area contributed by atoms with Gasteiger partial charge in [0.1, 0.15) is 18.5 Å². The second-order valence-corrected chi connectivity index (χ2v) is 8.55. The van der Waals surface area contributed by atoms with Crippen molar-refractivity contribution in [2.75, 3.05) is 13.2 Å². The van der Waals surface area contributed by atoms with Crippen LogP contribution in [0.4, 0.5) is 9.18 Å². The van der Waals surface area contributed by atoms with Gasteiger partial charge in [-0.2, -0.15) is 4.72 Å². The average Bonchev–Trinajstić information content (AvgIpc) is 2.70. The molecule has 4 N–H and O–H groups in total. The van der Waals surface area contributed by atoms with Crippen molar-refractivity contribution in [2.24, 2.45) is 0 Å². The first-order valence-corrected chi connectivity index (χ1v) is 11.0. The third-order valence-corrected chi connectivity index (χ3v) is 5.82. The van der Waals surface area contributed by atoms with Crippen LogP contribution in [0.15, 0.2) is 40.4 Å². The molecule has 13 heteroatoms. The van der Waals surface area contributed by atoms with Gasteiger partial charge in [0, 0.05) is 0 Å². The van der Waals surface area contributed by atoms with Crippen molar-refractivity contribution < 1.29 is 41.8 Å². The average molecular weight is 473 g/mol. The van der Waals surface area contributed by atoms with Crippen LogP contribution in [0.1, 0.15) is 20.8 Å². The molecule has 0 radical (unpaired) electrons. The number of esters is 2. The summed E-state index contributed by atoms with van der Waals surface area (Å²) in [4.78, 5) is 36.2. The Morgan fingerprint density at radius 2 is 1.88 bits per heavy atom. The summed E-state index contributed by atoms with van der Waals surface area (Å²) < 4.78 is 50.0. The minimum atomic E-state index is -4.30. The van der Waals surface area contributed by atoms with Crippen LogP contribution in [0.2, 0.25) is 0 Å². The lowest BCUT2D eigenvalue weighted by Crippen LogP contribution is -2.51. The zero-order valence-corrected chi connectivity index (χ0v) is 18.4. The van der Waals surface area contributed by atoms with Gasteiger partial charge in [-0.25, -0.2) is 22.4 Å². The number of amides is 2. The predicted molar refractivity (Wildman–Crippen MR) is 108 cm³/mol. The Balaban J connectivity index is 2.20. The molecule has 0 aromatic heterocycles. The predicted octanol–water partition coefficient (Wildman–Crippen LogP) is -0.0849. The Labute approximate surface area is 184 Å². The first-order chi connectivity index (χ1) is 15.0. The lowest BCUT2D eigenvalue weighted by molar-refractivity contribution is -0.147. The van der Waals surface area contributed by atoms with E-state index in [1.807, 2.05) is 4.72 Å². The van der Waals surface area contributed by atoms with E-state index in [9.17, 15) is 32.3 Å². The third kappa shape index (κ3) is 6.24. The van der Waals surface area contributed by atoms with Gasteiger partial charge in [-0.1, -0.05) is 0 Å². The smallest absolute Gasteiger partial charge is 0.338 e. The number of rotatable bonds is 9. The normalized spacial score (nSPS) is 18.3. The number of carbonyl (C=O) groups is 3. The first-order valence-electron chi connectivity index (χ1n) is 9.56. The summed E-state index contributed by atoms with van der Waals surface area (Å²) in [7, 11) is -4.30. The van der Waals surface area contributed by atoms with Crippen LogP contribution < -0.4 is 15.4 Å². The van der Waals surface area contributed by atoms with E-state index in [4.69, 9.17) is 9.47 Å². The number of aliphatic hydroxyl groups excluding tert-OH is 1. The molecule has 1 aromatic rings. The second kappa shape index (κ2) is 10.5. The quantitative estimate of drug-likeness (QED) is 0.362. The fraction of sp³-hybridized carbons (Fsp3) is 0.421. The molecule has 1 aliphatic rings. The number of hydrogen-bond acceptors (Lipinski definition) is 8. The Morgan fingerprint density at radius 1 is 1.25 bits per heavy atom. The molecule has 1 aliphatic heterocycles. The van der Waals surface area contributed by atoms with Gasteiger partial charge < -0.3 is 25.2 Å². The van der Waals surface area contributed by atoms with Gasteiger partial charge >= 0.3 is 18.0 Å². The van der Waals surface area contributed by atoms with E-state index in [-0.39, 0.29) is 22.8 Å². The molecule has 0 spiro atoms. The summed E-state index contributed by atoms with van der Waals surface area (Å²) in [6.07, 6.45) is -1.50. The molecule has 1 aromatic carbocycles. The topological polar surface area (TPSA) is 160 Å². The Morgan fingerprint density at radius 3 is 2.44 bits per heavy atom. The van der Waals surface area contributed by atoms with Gasteiger partial charge in [-0.05, 0) is 45.0 Å². The Kier molecular flexibility index (Phi) is 8.30. The van der Waals surface area contributed by atoms with E-state index >= 15 is 0 Å². The van der Waals surface area contributed by atoms with Crippen molar-refractivity contribution in [3.8, 4) is 0 Å². The highest BCUT2D eigenvalue weighted by Gasteiger charge is 2.33. The minimum Gasteiger partial charge on any atom is -0.463 e. The van der Waals surface area contributed by atoms with Gasteiger partial charge in [0.25, 0.3) is 0 Å². The molecule has 0 unspecified atom stereocenters. The number of benzene rings is 1. The Hall–Kier alpha value is -3.03. The summed E-state index contributed by atoms with van der Waals surface area (Å²) in [6.45, 7) is 3.77. The molecular weight excluding hydrogens is 449 g/mol. The molecule has 0 fully saturated rings. The van der Waals surface area contributed by atoms with E-state index < -0.39 is 58.6 Å². The first kappa shape index (κ1) is 25.2. The summed E-state index contributed by atoms with van der Waals surface area (Å²) in [5.74, 6) is -2.55. The molecule has 32 heavy (non-hydrogen) atoms. The number of urea groups is 1. The number of ether oxygens (including phenoxy) is 2. The number of hydrogen-bond donors (Lipinski definition) is 4. The van der Waals surface area contributed by atoms with Crippen LogP contribution in [0, 0.1) is 5.82 Å². The molecule has 11 nitrogen and oxygen atoms in total. The number of nitrogens with one attached hydrogen (secondary N) is 3. The van der Waals surface area contributed by atoms with E-state index in [0.717, 1.165) is 31.2 Å². The maximum atomic E-state index is 13.1. The highest BCUT2D eigenvalue weighted by molar-refractivity contribution is 7.89. The number of aliphatic hydroxyl groups is 1. The molecule has 2 rings (SSSR count). The van der Waals surface area contributed by atoms with E-state index in [1.54, 1.807) is 6.92 Å². The van der Waals surface area contributed by atoms with E-state index in [1.165, 1.54) is 6.92 Å². The highest BCUT2D eigenvalue weighted by atomic mass is 32.2. The lowest BCUT2D eigenvalue weighted by atomic mass is 10.0. The van der Waals surface area contributed by atoms with Crippen LogP contribution >= 0.6 is 0 Å². The molecule has 1 heterocycles. The van der Waals surface area contributed by atoms with Crippen LogP contribution in [-0.2, 0) is 29.1 Å². The van der Waals surface area contributed by atoms with Crippen molar-refractivity contribution in [1.82, 2.24) is 15.4 Å². The van der Waals surface area contributed by atoms with Crippen molar-refractivity contribution in [2.45, 2.75) is 43.9 Å².